The van der Waals surface area contributed by atoms with E-state index in [0.717, 1.165) is 6.42 Å². The summed E-state index contributed by atoms with van der Waals surface area (Å²) < 4.78 is 0. The summed E-state index contributed by atoms with van der Waals surface area (Å²) in [5.74, 6) is -0.687. The Morgan fingerprint density at radius 1 is 1.09 bits per heavy atom. The molecule has 0 fully saturated rings. The van der Waals surface area contributed by atoms with Crippen LogP contribution in [0.5, 0.6) is 0 Å². The molecule has 0 saturated carbocycles. The topological polar surface area (TPSA) is 63.3 Å². The molecule has 2 atom stereocenters. The molecule has 0 bridgehead atoms. The largest absolute Gasteiger partial charge is 0.481 e. The van der Waals surface area contributed by atoms with Crippen molar-refractivity contribution >= 4 is 18.6 Å². The molecule has 2 rings (SSSR count). The van der Waals surface area contributed by atoms with Gasteiger partial charge in [-0.2, -0.15) is 12.6 Å². The van der Waals surface area contributed by atoms with Crippen LogP contribution in [-0.2, 0) is 11.2 Å². The molecule has 3 nitrogen and oxygen atoms in total. The van der Waals surface area contributed by atoms with Crippen LogP contribution in [0.3, 0.4) is 0 Å². The number of nitrogens with two attached hydrogens (primary N) is 1. The van der Waals surface area contributed by atoms with Crippen molar-refractivity contribution in [1.29, 1.82) is 0 Å². The monoisotopic (exact) mass is 317 g/mol. The van der Waals surface area contributed by atoms with Crippen molar-refractivity contribution in [1.82, 2.24) is 0 Å². The predicted molar refractivity (Wildman–Crippen MR) is 94.2 cm³/mol. The minimum absolute atomic E-state index is 0.0913. The van der Waals surface area contributed by atoms with Gasteiger partial charge in [0, 0.05) is 11.8 Å². The van der Waals surface area contributed by atoms with Crippen LogP contribution >= 0.6 is 12.6 Å². The summed E-state index contributed by atoms with van der Waals surface area (Å²) >= 11 is 3.77. The van der Waals surface area contributed by atoms with Crippen LogP contribution in [0.4, 0.5) is 0 Å². The smallest absolute Gasteiger partial charge is 0.307 e. The molecular formula is C18H23NO2S. The highest BCUT2D eigenvalue weighted by molar-refractivity contribution is 7.80. The standard InChI is InChI=1S/C14H15N.C4H8O2S/c15-14(13-9-5-2-6-10-13)11-12-7-3-1-4-8-12;1-3(2-7)4(5)6/h1-10,14H,11,15H2;3,7H,2H2,1H3,(H,5,6). The first-order chi connectivity index (χ1) is 10.5. The van der Waals surface area contributed by atoms with E-state index in [0.29, 0.717) is 5.75 Å². The SMILES string of the molecule is CC(CS)C(=O)O.NC(Cc1ccccc1)c1ccccc1. The predicted octanol–water partition coefficient (Wildman–Crippen LogP) is 3.57. The fourth-order valence-corrected chi connectivity index (χ4v) is 1.92. The summed E-state index contributed by atoms with van der Waals surface area (Å²) in [4.78, 5) is 9.88. The van der Waals surface area contributed by atoms with Crippen molar-refractivity contribution < 1.29 is 9.90 Å². The molecule has 4 heteroatoms. The van der Waals surface area contributed by atoms with Gasteiger partial charge in [-0.3, -0.25) is 4.79 Å². The van der Waals surface area contributed by atoms with Crippen molar-refractivity contribution in [3.63, 3.8) is 0 Å². The Balaban J connectivity index is 0.000000295. The van der Waals surface area contributed by atoms with Gasteiger partial charge in [0.15, 0.2) is 0 Å². The molecule has 0 aromatic heterocycles. The Kier molecular flexibility index (Phi) is 8.33. The molecule has 0 aliphatic carbocycles. The zero-order valence-electron chi connectivity index (χ0n) is 12.7. The second kappa shape index (κ2) is 10.0. The molecule has 0 amide bonds. The number of aliphatic carboxylic acids is 1. The third-order valence-electron chi connectivity index (χ3n) is 3.22. The third-order valence-corrected chi connectivity index (χ3v) is 3.77. The second-order valence-corrected chi connectivity index (χ2v) is 5.49. The average molecular weight is 317 g/mol. The maximum absolute atomic E-state index is 9.88. The average Bonchev–Trinajstić information content (AvgIpc) is 2.56. The molecular weight excluding hydrogens is 294 g/mol. The number of benzene rings is 2. The van der Waals surface area contributed by atoms with Crippen LogP contribution in [0.15, 0.2) is 60.7 Å². The lowest BCUT2D eigenvalue weighted by Crippen LogP contribution is -2.12. The first-order valence-corrected chi connectivity index (χ1v) is 7.86. The summed E-state index contributed by atoms with van der Waals surface area (Å²) in [6.45, 7) is 1.62. The normalized spacial score (nSPS) is 12.7. The van der Waals surface area contributed by atoms with E-state index in [-0.39, 0.29) is 12.0 Å². The molecule has 0 radical (unpaired) electrons. The van der Waals surface area contributed by atoms with Crippen molar-refractivity contribution in [2.75, 3.05) is 5.75 Å². The molecule has 0 spiro atoms. The van der Waals surface area contributed by atoms with Crippen LogP contribution in [0.1, 0.15) is 24.1 Å². The number of hydrogen-bond donors (Lipinski definition) is 3. The maximum Gasteiger partial charge on any atom is 0.307 e. The maximum atomic E-state index is 9.88. The van der Waals surface area contributed by atoms with Crippen molar-refractivity contribution in [2.24, 2.45) is 11.7 Å². The van der Waals surface area contributed by atoms with E-state index in [4.69, 9.17) is 10.8 Å². The lowest BCUT2D eigenvalue weighted by atomic mass is 10.00. The minimum Gasteiger partial charge on any atom is -0.481 e. The van der Waals surface area contributed by atoms with E-state index in [1.54, 1.807) is 6.92 Å². The number of carbonyl (C=O) groups is 1. The van der Waals surface area contributed by atoms with E-state index in [1.165, 1.54) is 11.1 Å². The molecule has 0 heterocycles. The Labute approximate surface area is 137 Å². The number of rotatable bonds is 5. The minimum atomic E-state index is -0.782. The van der Waals surface area contributed by atoms with Gasteiger partial charge in [0.05, 0.1) is 5.92 Å². The van der Waals surface area contributed by atoms with Crippen LogP contribution in [-0.4, -0.2) is 16.8 Å². The first kappa shape index (κ1) is 18.3. The van der Waals surface area contributed by atoms with Gasteiger partial charge >= 0.3 is 5.97 Å². The highest BCUT2D eigenvalue weighted by atomic mass is 32.1. The van der Waals surface area contributed by atoms with Crippen molar-refractivity contribution in [3.8, 4) is 0 Å². The van der Waals surface area contributed by atoms with Gasteiger partial charge in [0.1, 0.15) is 0 Å². The van der Waals surface area contributed by atoms with E-state index in [9.17, 15) is 4.79 Å². The molecule has 0 aliphatic heterocycles. The van der Waals surface area contributed by atoms with Crippen LogP contribution in [0, 0.1) is 5.92 Å². The van der Waals surface area contributed by atoms with Gasteiger partial charge in [-0.15, -0.1) is 0 Å². The summed E-state index contributed by atoms with van der Waals surface area (Å²) in [5.41, 5.74) is 8.61. The zero-order chi connectivity index (χ0) is 16.4. The summed E-state index contributed by atoms with van der Waals surface area (Å²) in [6.07, 6.45) is 0.894. The van der Waals surface area contributed by atoms with E-state index in [1.807, 2.05) is 36.4 Å². The number of carboxylic acid groups (broad SMARTS) is 1. The van der Waals surface area contributed by atoms with Gasteiger partial charge in [0.25, 0.3) is 0 Å². The van der Waals surface area contributed by atoms with Crippen LogP contribution in [0.2, 0.25) is 0 Å². The first-order valence-electron chi connectivity index (χ1n) is 7.22. The van der Waals surface area contributed by atoms with Gasteiger partial charge in [-0.25, -0.2) is 0 Å². The van der Waals surface area contributed by atoms with Gasteiger partial charge < -0.3 is 10.8 Å². The second-order valence-electron chi connectivity index (χ2n) is 5.13. The summed E-state index contributed by atoms with van der Waals surface area (Å²) in [7, 11) is 0. The molecule has 3 N–H and O–H groups in total. The van der Waals surface area contributed by atoms with Gasteiger partial charge in [-0.05, 0) is 17.5 Å². The lowest BCUT2D eigenvalue weighted by Gasteiger charge is -2.11. The molecule has 0 saturated heterocycles. The fourth-order valence-electron chi connectivity index (χ4n) is 1.76. The number of thiol groups is 1. The van der Waals surface area contributed by atoms with Gasteiger partial charge in [-0.1, -0.05) is 67.6 Å². The highest BCUT2D eigenvalue weighted by Crippen LogP contribution is 2.15. The molecule has 2 aromatic rings. The third kappa shape index (κ3) is 6.78. The number of hydrogen-bond acceptors (Lipinski definition) is 3. The van der Waals surface area contributed by atoms with E-state index in [2.05, 4.69) is 36.9 Å². The van der Waals surface area contributed by atoms with E-state index < -0.39 is 5.97 Å². The van der Waals surface area contributed by atoms with Crippen molar-refractivity contribution in [2.45, 2.75) is 19.4 Å². The molecule has 118 valence electrons. The Morgan fingerprint density at radius 2 is 1.59 bits per heavy atom. The van der Waals surface area contributed by atoms with Gasteiger partial charge in [0.2, 0.25) is 0 Å². The summed E-state index contributed by atoms with van der Waals surface area (Å²) in [5, 5.41) is 8.13. The quantitative estimate of drug-likeness (QED) is 0.739. The highest BCUT2D eigenvalue weighted by Gasteiger charge is 2.06. The molecule has 2 aromatic carbocycles. The Hall–Kier alpha value is -1.78. The zero-order valence-corrected chi connectivity index (χ0v) is 13.6. The Morgan fingerprint density at radius 3 is 2.00 bits per heavy atom. The fraction of sp³-hybridized carbons (Fsp3) is 0.278. The number of carboxylic acids is 1. The van der Waals surface area contributed by atoms with Crippen LogP contribution in [0.25, 0.3) is 0 Å². The molecule has 2 unspecified atom stereocenters. The molecule has 0 aliphatic rings. The van der Waals surface area contributed by atoms with Crippen LogP contribution < -0.4 is 5.73 Å². The summed E-state index contributed by atoms with van der Waals surface area (Å²) in [6, 6.07) is 20.7. The Bertz CT molecular complexity index is 546. The lowest BCUT2D eigenvalue weighted by molar-refractivity contribution is -0.140. The van der Waals surface area contributed by atoms with Crippen molar-refractivity contribution in [3.05, 3.63) is 71.8 Å². The van der Waals surface area contributed by atoms with E-state index >= 15 is 0 Å². The molecule has 22 heavy (non-hydrogen) atoms.